The first kappa shape index (κ1) is 31.9. The Morgan fingerprint density at radius 1 is 0.659 bits per heavy atom. The van der Waals surface area contributed by atoms with E-state index in [0.717, 1.165) is 24.3 Å². The van der Waals surface area contributed by atoms with Crippen LogP contribution < -0.4 is 0 Å². The van der Waals surface area contributed by atoms with Crippen molar-refractivity contribution < 1.29 is 64.1 Å². The lowest BCUT2D eigenvalue weighted by molar-refractivity contribution is -0.432. The Bertz CT molecular complexity index is 1780. The maximum atomic E-state index is 12.0. The number of nitrogens with zero attached hydrogens (tertiary/aromatic N) is 4. The van der Waals surface area contributed by atoms with Gasteiger partial charge in [-0.1, -0.05) is 22.2 Å². The van der Waals surface area contributed by atoms with E-state index in [1.54, 1.807) is 12.1 Å². The van der Waals surface area contributed by atoms with Crippen molar-refractivity contribution in [3.8, 4) is 5.75 Å². The van der Waals surface area contributed by atoms with E-state index in [0.29, 0.717) is 29.5 Å². The van der Waals surface area contributed by atoms with Gasteiger partial charge in [0, 0.05) is 5.39 Å². The summed E-state index contributed by atoms with van der Waals surface area (Å²) in [5, 5.41) is 80.0. The molecule has 0 aromatic heterocycles. The zero-order valence-electron chi connectivity index (χ0n) is 21.4. The summed E-state index contributed by atoms with van der Waals surface area (Å²) in [6, 6.07) is 13.0. The Labute approximate surface area is 252 Å². The van der Waals surface area contributed by atoms with E-state index in [4.69, 9.17) is 10.5 Å². The summed E-state index contributed by atoms with van der Waals surface area (Å²) in [7, 11) is 0. The summed E-state index contributed by atoms with van der Waals surface area (Å²) in [6.07, 6.45) is 0. The molecule has 0 atom stereocenters. The van der Waals surface area contributed by atoms with Gasteiger partial charge in [-0.3, -0.25) is 0 Å². The summed E-state index contributed by atoms with van der Waals surface area (Å²) in [5.74, 6) is -4.67. The Hall–Kier alpha value is -4.99. The molecule has 0 fully saturated rings. The molecule has 0 saturated carbocycles. The van der Waals surface area contributed by atoms with Gasteiger partial charge < -0.3 is 20.4 Å². The molecule has 19 heteroatoms. The van der Waals surface area contributed by atoms with Crippen LogP contribution in [0.2, 0.25) is 0 Å². The molecule has 0 radical (unpaired) electrons. The van der Waals surface area contributed by atoms with Crippen molar-refractivity contribution in [2.45, 2.75) is 9.79 Å². The van der Waals surface area contributed by atoms with Crippen LogP contribution in [0.3, 0.4) is 0 Å². The highest BCUT2D eigenvalue weighted by Crippen LogP contribution is 2.47. The van der Waals surface area contributed by atoms with Crippen LogP contribution in [0.5, 0.6) is 5.75 Å². The van der Waals surface area contributed by atoms with Crippen LogP contribution in [0.1, 0.15) is 31.1 Å². The van der Waals surface area contributed by atoms with Gasteiger partial charge in [0.25, 0.3) is 0 Å². The topological polar surface area (TPSA) is 259 Å². The lowest BCUT2D eigenvalue weighted by Crippen LogP contribution is -2.01. The molecule has 4 aromatic rings. The van der Waals surface area contributed by atoms with Crippen molar-refractivity contribution in [1.29, 1.82) is 0 Å². The number of azo groups is 2. The first-order chi connectivity index (χ1) is 21.1. The number of rotatable bonds is 13. The number of phenolic OH excluding ortho intramolecular Hbond substituents is 1. The molecule has 0 aliphatic rings. The highest BCUT2D eigenvalue weighted by molar-refractivity contribution is 7.95. The van der Waals surface area contributed by atoms with Gasteiger partial charge in [-0.25, -0.2) is 24.9 Å². The van der Waals surface area contributed by atoms with Crippen molar-refractivity contribution in [2.75, 3.05) is 0 Å². The van der Waals surface area contributed by atoms with Gasteiger partial charge in [0.05, 0.1) is 61.9 Å². The third kappa shape index (κ3) is 7.50. The lowest BCUT2D eigenvalue weighted by atomic mass is 10.1. The summed E-state index contributed by atoms with van der Waals surface area (Å²) in [5.41, 5.74) is -1.62. The number of hydrogen-bond donors (Lipinski definition) is 6. The molecule has 4 rings (SSSR count). The number of phenols is 1. The van der Waals surface area contributed by atoms with Crippen LogP contribution in [0.15, 0.2) is 90.9 Å². The maximum Gasteiger partial charge on any atom is 0.338 e. The largest absolute Gasteiger partial charge is 0.505 e. The average molecular weight is 645 g/mol. The monoisotopic (exact) mass is 644 g/mol. The molecule has 226 valence electrons. The number of benzene rings is 4. The van der Waals surface area contributed by atoms with Gasteiger partial charge in [0.2, 0.25) is 0 Å². The molecule has 0 aliphatic heterocycles. The van der Waals surface area contributed by atoms with Crippen LogP contribution in [0.25, 0.3) is 10.8 Å². The van der Waals surface area contributed by atoms with E-state index in [1.807, 2.05) is 0 Å². The van der Waals surface area contributed by atoms with Gasteiger partial charge >= 0.3 is 17.9 Å². The van der Waals surface area contributed by atoms with E-state index in [-0.39, 0.29) is 49.1 Å². The molecule has 0 unspecified atom stereocenters. The van der Waals surface area contributed by atoms with Gasteiger partial charge in [0.15, 0.2) is 5.75 Å². The molecule has 4 aromatic carbocycles. The first-order valence-corrected chi connectivity index (χ1v) is 13.0. The molecule has 0 aliphatic carbocycles. The summed E-state index contributed by atoms with van der Waals surface area (Å²) in [6.45, 7) is 0. The molecule has 6 N–H and O–H groups in total. The van der Waals surface area contributed by atoms with Crippen LogP contribution in [0.4, 0.5) is 22.7 Å². The van der Waals surface area contributed by atoms with E-state index in [2.05, 4.69) is 39.2 Å². The third-order valence-corrected chi connectivity index (χ3v) is 6.78. The Morgan fingerprint density at radius 2 is 1.30 bits per heavy atom. The molecular formula is C25H16N4O13S2. The van der Waals surface area contributed by atoms with Gasteiger partial charge in [0.1, 0.15) is 11.4 Å². The van der Waals surface area contributed by atoms with Crippen LogP contribution in [-0.4, -0.2) is 48.8 Å². The molecule has 0 bridgehead atoms. The molecule has 44 heavy (non-hydrogen) atoms. The highest BCUT2D eigenvalue weighted by atomic mass is 32.2. The third-order valence-electron chi connectivity index (χ3n) is 5.51. The number of carboxylic acid groups (broad SMARTS) is 3. The van der Waals surface area contributed by atoms with E-state index >= 15 is 0 Å². The van der Waals surface area contributed by atoms with Crippen molar-refractivity contribution in [2.24, 2.45) is 20.5 Å². The summed E-state index contributed by atoms with van der Waals surface area (Å²) in [4.78, 5) is 35.0. The normalized spacial score (nSPS) is 11.5. The number of aromatic carboxylic acids is 3. The summed E-state index contributed by atoms with van der Waals surface area (Å²) >= 11 is 1.02. The quantitative estimate of drug-likeness (QED) is 0.0360. The predicted molar refractivity (Wildman–Crippen MR) is 149 cm³/mol. The second-order valence-electron chi connectivity index (χ2n) is 8.16. The van der Waals surface area contributed by atoms with Crippen LogP contribution in [0, 0.1) is 0 Å². The molecule has 0 amide bonds. The van der Waals surface area contributed by atoms with Crippen molar-refractivity contribution in [3.05, 3.63) is 77.4 Å². The van der Waals surface area contributed by atoms with Crippen molar-refractivity contribution in [1.82, 2.24) is 0 Å². The minimum atomic E-state index is -1.44. The number of aromatic hydroxyl groups is 1. The second-order valence-corrected chi connectivity index (χ2v) is 9.65. The maximum absolute atomic E-state index is 12.0. The number of fused-ring (bicyclic) bond motifs is 1. The Kier molecular flexibility index (Phi) is 10.5. The minimum Gasteiger partial charge on any atom is -0.505 e. The van der Waals surface area contributed by atoms with E-state index in [1.165, 1.54) is 24.3 Å². The zero-order valence-corrected chi connectivity index (χ0v) is 23.1. The number of hydrogen-bond acceptors (Lipinski definition) is 16. The fourth-order valence-electron chi connectivity index (χ4n) is 3.68. The fraction of sp³-hybridized carbons (Fsp3) is 0. The average Bonchev–Trinajstić information content (AvgIpc) is 3.01. The molecule has 0 heterocycles. The first-order valence-electron chi connectivity index (χ1n) is 11.5. The van der Waals surface area contributed by atoms with Gasteiger partial charge in [-0.05, 0) is 53.9 Å². The van der Waals surface area contributed by atoms with Crippen LogP contribution >= 0.6 is 24.1 Å². The Morgan fingerprint density at radius 3 is 1.91 bits per heavy atom. The SMILES string of the molecule is O=C(O)c1cc(N=Nc2ccc(N=Nc3c(SOOO)cc4cccc(SOOO)c4c3O)c(C(=O)O)c2)cc(C(=O)O)c1. The molecular weight excluding hydrogens is 628 g/mol. The minimum absolute atomic E-state index is 0.00925. The number of carboxylic acids is 3. The molecule has 0 spiro atoms. The van der Waals surface area contributed by atoms with Crippen LogP contribution in [-0.2, 0) is 18.7 Å². The lowest BCUT2D eigenvalue weighted by Gasteiger charge is -2.11. The molecule has 0 saturated heterocycles. The number of carbonyl (C=O) groups is 3. The fourth-order valence-corrected chi connectivity index (χ4v) is 4.71. The predicted octanol–water partition coefficient (Wildman–Crippen LogP) is 7.33. The van der Waals surface area contributed by atoms with Crippen molar-refractivity contribution >= 4 is 75.5 Å². The van der Waals surface area contributed by atoms with E-state index < -0.39 is 29.2 Å². The second kappa shape index (κ2) is 14.5. The smallest absolute Gasteiger partial charge is 0.338 e. The Balaban J connectivity index is 1.74. The summed E-state index contributed by atoms with van der Waals surface area (Å²) < 4.78 is 8.96. The molecule has 17 nitrogen and oxygen atoms in total. The van der Waals surface area contributed by atoms with Crippen molar-refractivity contribution in [3.63, 3.8) is 0 Å². The van der Waals surface area contributed by atoms with E-state index in [9.17, 15) is 34.8 Å². The van der Waals surface area contributed by atoms with Gasteiger partial charge in [-0.2, -0.15) is 10.2 Å². The highest BCUT2D eigenvalue weighted by Gasteiger charge is 2.19. The zero-order chi connectivity index (χ0) is 31.8. The standard InChI is InChI=1S/C25H16N4O13S2/c30-22-20-11(2-1-3-18(20)43-41-39-37)9-19(44-42-40-38)21(22)29-28-17-5-4-14(10-16(17)25(35)36)26-27-15-7-12(23(31)32)6-13(8-15)24(33)34/h1-10,30,37-38H,(H,31,32)(H,33,34)(H,35,36). The van der Waals surface area contributed by atoms with Gasteiger partial charge in [-0.15, -0.1) is 18.9 Å².